The summed E-state index contributed by atoms with van der Waals surface area (Å²) in [5.74, 6) is 2.83. The fourth-order valence-corrected chi connectivity index (χ4v) is 6.50. The maximum atomic E-state index is 12.9. The van der Waals surface area contributed by atoms with Gasteiger partial charge in [-0.2, -0.15) is 0 Å². The molecule has 0 aromatic heterocycles. The number of amides is 1. The van der Waals surface area contributed by atoms with Gasteiger partial charge in [-0.05, 0) is 74.3 Å². The SMILES string of the molecule is CC(NC(=O)c1cccc(NS(=O)(=O)c2ccc3c(c2)OCCO3)c1)C1CC2CCC1C2. The van der Waals surface area contributed by atoms with Crippen molar-refractivity contribution >= 4 is 21.6 Å². The molecule has 4 atom stereocenters. The Hall–Kier alpha value is -2.74. The Balaban J connectivity index is 1.28. The molecule has 2 aromatic carbocycles. The molecule has 0 radical (unpaired) electrons. The first-order valence-corrected chi connectivity index (χ1v) is 12.7. The molecule has 32 heavy (non-hydrogen) atoms. The molecule has 2 aromatic rings. The molecular formula is C24H28N2O5S. The van der Waals surface area contributed by atoms with Crippen LogP contribution < -0.4 is 19.5 Å². The van der Waals surface area contributed by atoms with Gasteiger partial charge in [-0.3, -0.25) is 9.52 Å². The lowest BCUT2D eigenvalue weighted by Gasteiger charge is -2.28. The second-order valence-electron chi connectivity index (χ2n) is 9.09. The number of carbonyl (C=O) groups is 1. The van der Waals surface area contributed by atoms with E-state index in [2.05, 4.69) is 17.0 Å². The molecule has 2 fully saturated rings. The number of nitrogens with one attached hydrogen (secondary N) is 2. The Morgan fingerprint density at radius 1 is 1.03 bits per heavy atom. The van der Waals surface area contributed by atoms with Crippen LogP contribution in [0.1, 0.15) is 43.0 Å². The van der Waals surface area contributed by atoms with Crippen LogP contribution >= 0.6 is 0 Å². The molecule has 1 aliphatic heterocycles. The van der Waals surface area contributed by atoms with Crippen molar-refractivity contribution < 1.29 is 22.7 Å². The summed E-state index contributed by atoms with van der Waals surface area (Å²) in [5, 5.41) is 3.13. The number of sulfonamides is 1. The highest BCUT2D eigenvalue weighted by Crippen LogP contribution is 2.49. The first-order valence-electron chi connectivity index (χ1n) is 11.2. The van der Waals surface area contributed by atoms with Gasteiger partial charge in [0.15, 0.2) is 11.5 Å². The standard InChI is InChI=1S/C24H28N2O5S/c1-15(21-12-16-5-6-17(21)11-16)25-24(27)18-3-2-4-19(13-18)26-32(28,29)20-7-8-22-23(14-20)31-10-9-30-22/h2-4,7-8,13-17,21,26H,5-6,9-12H2,1H3,(H,25,27). The number of hydrogen-bond donors (Lipinski definition) is 2. The highest BCUT2D eigenvalue weighted by atomic mass is 32.2. The summed E-state index contributed by atoms with van der Waals surface area (Å²) < 4.78 is 39.3. The lowest BCUT2D eigenvalue weighted by Crippen LogP contribution is -2.40. The Kier molecular flexibility index (Phi) is 5.49. The minimum atomic E-state index is -3.85. The first kappa shape index (κ1) is 21.1. The van der Waals surface area contributed by atoms with Crippen LogP contribution in [-0.4, -0.2) is 33.6 Å². The molecule has 0 saturated heterocycles. The Bertz CT molecular complexity index is 1130. The maximum absolute atomic E-state index is 12.9. The second kappa shape index (κ2) is 8.31. The number of fused-ring (bicyclic) bond motifs is 3. The maximum Gasteiger partial charge on any atom is 0.262 e. The summed E-state index contributed by atoms with van der Waals surface area (Å²) in [5.41, 5.74) is 0.766. The minimum Gasteiger partial charge on any atom is -0.486 e. The Labute approximate surface area is 188 Å². The van der Waals surface area contributed by atoms with Crippen molar-refractivity contribution in [2.24, 2.45) is 17.8 Å². The van der Waals surface area contributed by atoms with Gasteiger partial charge in [0, 0.05) is 23.4 Å². The van der Waals surface area contributed by atoms with E-state index in [0.717, 1.165) is 11.8 Å². The van der Waals surface area contributed by atoms with E-state index in [9.17, 15) is 13.2 Å². The lowest BCUT2D eigenvalue weighted by atomic mass is 9.84. The molecule has 170 valence electrons. The van der Waals surface area contributed by atoms with E-state index < -0.39 is 10.0 Å². The average Bonchev–Trinajstić information content (AvgIpc) is 3.42. The molecule has 1 amide bonds. The predicted molar refractivity (Wildman–Crippen MR) is 121 cm³/mol. The van der Waals surface area contributed by atoms with Gasteiger partial charge in [0.05, 0.1) is 4.90 Å². The molecule has 2 saturated carbocycles. The van der Waals surface area contributed by atoms with Crippen molar-refractivity contribution in [3.63, 3.8) is 0 Å². The van der Waals surface area contributed by atoms with E-state index in [-0.39, 0.29) is 16.8 Å². The third kappa shape index (κ3) is 4.16. The number of rotatable bonds is 6. The molecule has 2 N–H and O–H groups in total. The zero-order chi connectivity index (χ0) is 22.3. The molecule has 2 bridgehead atoms. The second-order valence-corrected chi connectivity index (χ2v) is 10.8. The molecule has 7 nitrogen and oxygen atoms in total. The number of anilines is 1. The van der Waals surface area contributed by atoms with E-state index in [1.807, 2.05) is 0 Å². The summed E-state index contributed by atoms with van der Waals surface area (Å²) in [6, 6.07) is 11.2. The molecule has 8 heteroatoms. The van der Waals surface area contributed by atoms with Gasteiger partial charge >= 0.3 is 0 Å². The Morgan fingerprint density at radius 3 is 2.59 bits per heavy atom. The molecule has 2 aliphatic carbocycles. The zero-order valence-corrected chi connectivity index (χ0v) is 18.9. The molecule has 4 unspecified atom stereocenters. The molecule has 3 aliphatic rings. The van der Waals surface area contributed by atoms with Crippen LogP contribution in [0.15, 0.2) is 47.4 Å². The largest absolute Gasteiger partial charge is 0.486 e. The predicted octanol–water partition coefficient (Wildman–Crippen LogP) is 3.81. The highest BCUT2D eigenvalue weighted by molar-refractivity contribution is 7.92. The zero-order valence-electron chi connectivity index (χ0n) is 18.0. The van der Waals surface area contributed by atoms with E-state index in [1.165, 1.54) is 37.8 Å². The van der Waals surface area contributed by atoms with E-state index in [0.29, 0.717) is 41.9 Å². The number of benzene rings is 2. The van der Waals surface area contributed by atoms with E-state index in [4.69, 9.17) is 9.47 Å². The van der Waals surface area contributed by atoms with Crippen molar-refractivity contribution in [3.05, 3.63) is 48.0 Å². The van der Waals surface area contributed by atoms with Crippen LogP contribution in [0.25, 0.3) is 0 Å². The van der Waals surface area contributed by atoms with Gasteiger partial charge < -0.3 is 14.8 Å². The van der Waals surface area contributed by atoms with Crippen LogP contribution in [0.5, 0.6) is 11.5 Å². The number of ether oxygens (including phenoxy) is 2. The lowest BCUT2D eigenvalue weighted by molar-refractivity contribution is 0.0915. The number of carbonyl (C=O) groups excluding carboxylic acids is 1. The van der Waals surface area contributed by atoms with Crippen LogP contribution in [0.3, 0.4) is 0 Å². The minimum absolute atomic E-state index is 0.0708. The van der Waals surface area contributed by atoms with Gasteiger partial charge in [0.1, 0.15) is 13.2 Å². The van der Waals surface area contributed by atoms with Crippen molar-refractivity contribution in [1.29, 1.82) is 0 Å². The molecular weight excluding hydrogens is 428 g/mol. The topological polar surface area (TPSA) is 93.7 Å². The van der Waals surface area contributed by atoms with Crippen LogP contribution in [-0.2, 0) is 10.0 Å². The van der Waals surface area contributed by atoms with E-state index in [1.54, 1.807) is 30.3 Å². The summed E-state index contributed by atoms with van der Waals surface area (Å²) in [4.78, 5) is 12.9. The first-order chi connectivity index (χ1) is 15.4. The third-order valence-electron chi connectivity index (χ3n) is 6.99. The van der Waals surface area contributed by atoms with Gasteiger partial charge in [-0.15, -0.1) is 0 Å². The van der Waals surface area contributed by atoms with Gasteiger partial charge in [0.25, 0.3) is 15.9 Å². The third-order valence-corrected chi connectivity index (χ3v) is 8.37. The van der Waals surface area contributed by atoms with Gasteiger partial charge in [-0.25, -0.2) is 8.42 Å². The van der Waals surface area contributed by atoms with Gasteiger partial charge in [0.2, 0.25) is 0 Å². The molecule has 0 spiro atoms. The summed E-state index contributed by atoms with van der Waals surface area (Å²) in [6.07, 6.45) is 5.09. The van der Waals surface area contributed by atoms with Crippen LogP contribution in [0, 0.1) is 17.8 Å². The summed E-state index contributed by atoms with van der Waals surface area (Å²) >= 11 is 0. The fraction of sp³-hybridized carbons (Fsp3) is 0.458. The number of hydrogen-bond acceptors (Lipinski definition) is 5. The molecule has 5 rings (SSSR count). The van der Waals surface area contributed by atoms with Crippen molar-refractivity contribution in [3.8, 4) is 11.5 Å². The Morgan fingerprint density at radius 2 is 1.84 bits per heavy atom. The van der Waals surface area contributed by atoms with E-state index >= 15 is 0 Å². The fourth-order valence-electron chi connectivity index (χ4n) is 5.43. The molecule has 1 heterocycles. The average molecular weight is 457 g/mol. The summed E-state index contributed by atoms with van der Waals surface area (Å²) in [7, 11) is -3.85. The monoisotopic (exact) mass is 456 g/mol. The van der Waals surface area contributed by atoms with Gasteiger partial charge in [-0.1, -0.05) is 12.5 Å². The quantitative estimate of drug-likeness (QED) is 0.689. The normalized spacial score (nSPS) is 24.7. The highest BCUT2D eigenvalue weighted by Gasteiger charge is 2.42. The van der Waals surface area contributed by atoms with Crippen LogP contribution in [0.4, 0.5) is 5.69 Å². The van der Waals surface area contributed by atoms with Crippen molar-refractivity contribution in [1.82, 2.24) is 5.32 Å². The summed E-state index contributed by atoms with van der Waals surface area (Å²) in [6.45, 7) is 2.90. The van der Waals surface area contributed by atoms with Crippen molar-refractivity contribution in [2.75, 3.05) is 17.9 Å². The van der Waals surface area contributed by atoms with Crippen LogP contribution in [0.2, 0.25) is 0 Å². The smallest absolute Gasteiger partial charge is 0.262 e. The van der Waals surface area contributed by atoms with Crippen molar-refractivity contribution in [2.45, 2.75) is 43.5 Å².